The minimum absolute atomic E-state index is 0.0673. The van der Waals surface area contributed by atoms with E-state index in [0.717, 1.165) is 18.9 Å². The average Bonchev–Trinajstić information content (AvgIpc) is 3.13. The fourth-order valence-electron chi connectivity index (χ4n) is 3.99. The molecule has 8 heteroatoms. The predicted molar refractivity (Wildman–Crippen MR) is 120 cm³/mol. The van der Waals surface area contributed by atoms with Crippen molar-refractivity contribution in [2.45, 2.75) is 25.8 Å². The van der Waals surface area contributed by atoms with Crippen LogP contribution in [0, 0.1) is 5.82 Å². The van der Waals surface area contributed by atoms with Crippen LogP contribution < -0.4 is 15.1 Å². The quantitative estimate of drug-likeness (QED) is 0.402. The molecule has 0 spiro atoms. The van der Waals surface area contributed by atoms with Crippen molar-refractivity contribution in [1.82, 2.24) is 9.97 Å². The maximum Gasteiger partial charge on any atom is 0.297 e. The highest BCUT2D eigenvalue weighted by Gasteiger charge is 2.45. The predicted octanol–water partition coefficient (Wildman–Crippen LogP) is 4.65. The summed E-state index contributed by atoms with van der Waals surface area (Å²) in [6.07, 6.45) is 4.93. The number of fused-ring (bicyclic) bond motifs is 2. The lowest BCUT2D eigenvalue weighted by molar-refractivity contribution is 0.0969. The zero-order chi connectivity index (χ0) is 22.9. The monoisotopic (exact) mass is 445 g/mol. The molecular formula is C25H20FN3O4. The zero-order valence-electron chi connectivity index (χ0n) is 17.8. The Morgan fingerprint density at radius 3 is 2.70 bits per heavy atom. The van der Waals surface area contributed by atoms with E-state index in [0.29, 0.717) is 17.9 Å². The molecular weight excluding hydrogens is 425 g/mol. The molecule has 0 saturated heterocycles. The molecule has 0 aliphatic carbocycles. The van der Waals surface area contributed by atoms with Crippen molar-refractivity contribution in [3.8, 4) is 5.75 Å². The summed E-state index contributed by atoms with van der Waals surface area (Å²) in [6.45, 7) is 2.63. The Morgan fingerprint density at radius 2 is 1.91 bits per heavy atom. The maximum absolute atomic E-state index is 13.9. The van der Waals surface area contributed by atoms with Gasteiger partial charge in [0.15, 0.2) is 5.43 Å². The Hall–Kier alpha value is -4.07. The molecule has 1 amide bonds. The smallest absolute Gasteiger partial charge is 0.297 e. The van der Waals surface area contributed by atoms with E-state index in [2.05, 4.69) is 16.9 Å². The summed E-state index contributed by atoms with van der Waals surface area (Å²) in [6, 6.07) is 11.6. The number of amides is 1. The molecule has 0 N–H and O–H groups in total. The summed E-state index contributed by atoms with van der Waals surface area (Å²) in [4.78, 5) is 36.7. The molecule has 0 saturated carbocycles. The van der Waals surface area contributed by atoms with Crippen LogP contribution >= 0.6 is 0 Å². The number of carbonyl (C=O) groups is 1. The van der Waals surface area contributed by atoms with Gasteiger partial charge in [0, 0.05) is 12.4 Å². The highest BCUT2D eigenvalue weighted by molar-refractivity contribution is 6.09. The van der Waals surface area contributed by atoms with Gasteiger partial charge in [-0.1, -0.05) is 25.5 Å². The Balaban J connectivity index is 1.71. The van der Waals surface area contributed by atoms with Gasteiger partial charge in [-0.15, -0.1) is 0 Å². The summed E-state index contributed by atoms with van der Waals surface area (Å²) in [5, 5.41) is 0.0673. The molecule has 166 valence electrons. The number of hydrogen-bond donors (Lipinski definition) is 0. The fourth-order valence-corrected chi connectivity index (χ4v) is 3.99. The lowest BCUT2D eigenvalue weighted by atomic mass is 9.98. The number of halogens is 1. The van der Waals surface area contributed by atoms with Gasteiger partial charge in [-0.05, 0) is 48.4 Å². The number of carbonyl (C=O) groups excluding carboxylic acids is 1. The first-order chi connectivity index (χ1) is 16.1. The van der Waals surface area contributed by atoms with Crippen molar-refractivity contribution in [1.29, 1.82) is 0 Å². The van der Waals surface area contributed by atoms with Crippen molar-refractivity contribution in [3.63, 3.8) is 0 Å². The van der Waals surface area contributed by atoms with Gasteiger partial charge in [0.25, 0.3) is 5.91 Å². The Kier molecular flexibility index (Phi) is 5.34. The van der Waals surface area contributed by atoms with E-state index in [1.165, 1.54) is 29.4 Å². The Morgan fingerprint density at radius 1 is 1.09 bits per heavy atom. The number of hydrogen-bond acceptors (Lipinski definition) is 6. The van der Waals surface area contributed by atoms with Gasteiger partial charge in [0.1, 0.15) is 17.1 Å². The third-order valence-corrected chi connectivity index (χ3v) is 5.54. The molecule has 0 radical (unpaired) electrons. The van der Waals surface area contributed by atoms with E-state index in [1.54, 1.807) is 24.3 Å². The first-order valence-corrected chi connectivity index (χ1v) is 10.7. The molecule has 3 heterocycles. The molecule has 1 aliphatic rings. The van der Waals surface area contributed by atoms with Crippen molar-refractivity contribution in [3.05, 3.63) is 93.9 Å². The summed E-state index contributed by atoms with van der Waals surface area (Å²) < 4.78 is 25.6. The van der Waals surface area contributed by atoms with Crippen molar-refractivity contribution >= 4 is 22.8 Å². The molecule has 1 aliphatic heterocycles. The summed E-state index contributed by atoms with van der Waals surface area (Å²) in [5.74, 6) is -0.460. The zero-order valence-corrected chi connectivity index (χ0v) is 17.8. The van der Waals surface area contributed by atoms with Crippen LogP contribution in [0.4, 0.5) is 10.3 Å². The Bertz CT molecular complexity index is 1400. The van der Waals surface area contributed by atoms with Crippen LogP contribution in [0.3, 0.4) is 0 Å². The minimum atomic E-state index is -0.853. The van der Waals surface area contributed by atoms with Gasteiger partial charge in [0.2, 0.25) is 11.7 Å². The lowest BCUT2D eigenvalue weighted by Crippen LogP contribution is -2.31. The van der Waals surface area contributed by atoms with Crippen LogP contribution in [-0.4, -0.2) is 22.5 Å². The number of aromatic nitrogens is 2. The topological polar surface area (TPSA) is 85.5 Å². The van der Waals surface area contributed by atoms with Crippen LogP contribution in [0.25, 0.3) is 11.0 Å². The second-order valence-corrected chi connectivity index (χ2v) is 7.72. The van der Waals surface area contributed by atoms with Crippen molar-refractivity contribution in [2.24, 2.45) is 0 Å². The lowest BCUT2D eigenvalue weighted by Gasteiger charge is -2.23. The summed E-state index contributed by atoms with van der Waals surface area (Å²) in [5.41, 5.74) is 0.419. The number of anilines is 1. The third kappa shape index (κ3) is 3.63. The first-order valence-electron chi connectivity index (χ1n) is 10.7. The van der Waals surface area contributed by atoms with Crippen molar-refractivity contribution < 1.29 is 18.3 Å². The van der Waals surface area contributed by atoms with E-state index in [9.17, 15) is 14.0 Å². The molecule has 4 aromatic rings. The van der Waals surface area contributed by atoms with Crippen LogP contribution in [0.5, 0.6) is 5.75 Å². The highest BCUT2D eigenvalue weighted by Crippen LogP contribution is 2.40. The molecule has 2 aromatic heterocycles. The molecule has 7 nitrogen and oxygen atoms in total. The molecule has 0 fully saturated rings. The van der Waals surface area contributed by atoms with Gasteiger partial charge in [0.05, 0.1) is 23.6 Å². The van der Waals surface area contributed by atoms with E-state index in [-0.39, 0.29) is 28.2 Å². The summed E-state index contributed by atoms with van der Waals surface area (Å²) in [7, 11) is 0. The van der Waals surface area contributed by atoms with E-state index in [4.69, 9.17) is 9.15 Å². The molecule has 33 heavy (non-hydrogen) atoms. The van der Waals surface area contributed by atoms with E-state index < -0.39 is 23.2 Å². The van der Waals surface area contributed by atoms with Crippen molar-refractivity contribution in [2.75, 3.05) is 11.5 Å². The Labute approximate surface area is 188 Å². The highest BCUT2D eigenvalue weighted by atomic mass is 19.1. The van der Waals surface area contributed by atoms with E-state index >= 15 is 0 Å². The minimum Gasteiger partial charge on any atom is -0.494 e. The number of ether oxygens (including phenoxy) is 1. The SMILES string of the molecule is CCCCOc1cccc(C2c3c(oc4ccc(F)cc4c3=O)C(=O)N2c2ncccn2)c1. The van der Waals surface area contributed by atoms with Gasteiger partial charge in [-0.3, -0.25) is 14.5 Å². The van der Waals surface area contributed by atoms with E-state index in [1.807, 2.05) is 6.07 Å². The molecule has 1 atom stereocenters. The van der Waals surface area contributed by atoms with Crippen LogP contribution in [0.1, 0.15) is 47.5 Å². The van der Waals surface area contributed by atoms with Crippen LogP contribution in [-0.2, 0) is 0 Å². The molecule has 1 unspecified atom stereocenters. The van der Waals surface area contributed by atoms with Crippen LogP contribution in [0.2, 0.25) is 0 Å². The molecule has 0 bridgehead atoms. The third-order valence-electron chi connectivity index (χ3n) is 5.54. The number of unbranched alkanes of at least 4 members (excludes halogenated alkanes) is 1. The van der Waals surface area contributed by atoms with Gasteiger partial charge in [-0.25, -0.2) is 14.4 Å². The van der Waals surface area contributed by atoms with Gasteiger partial charge < -0.3 is 9.15 Å². The van der Waals surface area contributed by atoms with Gasteiger partial charge in [-0.2, -0.15) is 0 Å². The normalized spacial score (nSPS) is 15.2. The standard InChI is InChI=1S/C25H20FN3O4/c1-2-3-12-32-17-7-4-6-15(13-17)21-20-22(30)18-14-16(26)8-9-19(18)33-23(20)24(31)29(21)25-27-10-5-11-28-25/h4-11,13-14,21H,2-3,12H2,1H3. The summed E-state index contributed by atoms with van der Waals surface area (Å²) >= 11 is 0. The van der Waals surface area contributed by atoms with Gasteiger partial charge >= 0.3 is 0 Å². The second kappa shape index (κ2) is 8.46. The van der Waals surface area contributed by atoms with Crippen LogP contribution in [0.15, 0.2) is 70.1 Å². The largest absolute Gasteiger partial charge is 0.494 e. The second-order valence-electron chi connectivity index (χ2n) is 7.72. The number of benzene rings is 2. The maximum atomic E-state index is 13.9. The number of rotatable bonds is 6. The first kappa shape index (κ1) is 20.8. The number of nitrogens with zero attached hydrogens (tertiary/aromatic N) is 3. The molecule has 2 aromatic carbocycles. The molecule has 5 rings (SSSR count). The average molecular weight is 445 g/mol. The fraction of sp³-hybridized carbons (Fsp3) is 0.200.